The van der Waals surface area contributed by atoms with Crippen molar-refractivity contribution in [3.8, 4) is 0 Å². The van der Waals surface area contributed by atoms with Crippen molar-refractivity contribution >= 4 is 23.3 Å². The van der Waals surface area contributed by atoms with E-state index in [9.17, 15) is 4.79 Å². The first-order valence-electron chi connectivity index (χ1n) is 6.89. The van der Waals surface area contributed by atoms with Gasteiger partial charge >= 0.3 is 6.03 Å². The normalized spacial score (nSPS) is 24.9. The highest BCUT2D eigenvalue weighted by atomic mass is 35.5. The van der Waals surface area contributed by atoms with Gasteiger partial charge in [-0.1, -0.05) is 11.6 Å². The molecular weight excluding hydrogens is 260 g/mol. The minimum Gasteiger partial charge on any atom is -0.321 e. The molecule has 1 N–H and O–H groups in total. The van der Waals surface area contributed by atoms with Crippen LogP contribution in [0.3, 0.4) is 0 Å². The highest BCUT2D eigenvalue weighted by Crippen LogP contribution is 2.37. The summed E-state index contributed by atoms with van der Waals surface area (Å²) in [6.45, 7) is 4.87. The van der Waals surface area contributed by atoms with Gasteiger partial charge in [0.05, 0.1) is 0 Å². The van der Waals surface area contributed by atoms with Crippen molar-refractivity contribution in [2.75, 3.05) is 11.9 Å². The number of aryl methyl sites for hydroxylation is 2. The smallest absolute Gasteiger partial charge is 0.321 e. The van der Waals surface area contributed by atoms with Crippen LogP contribution in [0.1, 0.15) is 30.4 Å². The van der Waals surface area contributed by atoms with Crippen molar-refractivity contribution in [2.24, 2.45) is 5.92 Å². The zero-order valence-electron chi connectivity index (χ0n) is 11.4. The molecule has 102 valence electrons. The SMILES string of the molecule is Cc1cc(Cl)cc(C)c1NC(=O)N1C[C@@H]2CC[C@@H]1C2. The highest BCUT2D eigenvalue weighted by molar-refractivity contribution is 6.30. The molecule has 2 fully saturated rings. The third-order valence-electron chi connectivity index (χ3n) is 4.40. The summed E-state index contributed by atoms with van der Waals surface area (Å²) in [5.74, 6) is 0.725. The molecule has 1 aliphatic heterocycles. The van der Waals surface area contributed by atoms with Crippen LogP contribution in [0.15, 0.2) is 12.1 Å². The molecule has 1 saturated heterocycles. The standard InChI is InChI=1S/C15H19ClN2O/c1-9-5-12(16)6-10(2)14(9)17-15(19)18-8-11-3-4-13(18)7-11/h5-6,11,13H,3-4,7-8H2,1-2H3,(H,17,19)/t11-,13-/m1/s1. The fourth-order valence-electron chi connectivity index (χ4n) is 3.46. The summed E-state index contributed by atoms with van der Waals surface area (Å²) in [4.78, 5) is 14.4. The molecule has 0 spiro atoms. The van der Waals surface area contributed by atoms with Gasteiger partial charge in [-0.2, -0.15) is 0 Å². The molecule has 3 nitrogen and oxygen atoms in total. The van der Waals surface area contributed by atoms with Crippen molar-refractivity contribution in [3.05, 3.63) is 28.3 Å². The average Bonchev–Trinajstić information content (AvgIpc) is 2.95. The second-order valence-corrected chi connectivity index (χ2v) is 6.27. The number of carbonyl (C=O) groups is 1. The minimum atomic E-state index is 0.0423. The number of halogens is 1. The molecule has 19 heavy (non-hydrogen) atoms. The Bertz CT molecular complexity index is 506. The Morgan fingerprint density at radius 2 is 2.00 bits per heavy atom. The van der Waals surface area contributed by atoms with Crippen molar-refractivity contribution in [3.63, 3.8) is 0 Å². The predicted molar refractivity (Wildman–Crippen MR) is 77.8 cm³/mol. The lowest BCUT2D eigenvalue weighted by molar-refractivity contribution is 0.194. The number of piperidine rings is 1. The van der Waals surface area contributed by atoms with Crippen LogP contribution < -0.4 is 5.32 Å². The number of anilines is 1. The Morgan fingerprint density at radius 1 is 1.32 bits per heavy atom. The van der Waals surface area contributed by atoms with Gasteiger partial charge in [-0.05, 0) is 62.3 Å². The Labute approximate surface area is 118 Å². The lowest BCUT2D eigenvalue weighted by Crippen LogP contribution is -2.40. The van der Waals surface area contributed by atoms with E-state index in [2.05, 4.69) is 5.32 Å². The number of urea groups is 1. The monoisotopic (exact) mass is 278 g/mol. The molecule has 2 aliphatic rings. The third kappa shape index (κ3) is 2.32. The first-order chi connectivity index (χ1) is 9.04. The largest absolute Gasteiger partial charge is 0.322 e. The van der Waals surface area contributed by atoms with Gasteiger partial charge in [0.1, 0.15) is 0 Å². The summed E-state index contributed by atoms with van der Waals surface area (Å²) in [6.07, 6.45) is 3.64. The molecule has 1 saturated carbocycles. The third-order valence-corrected chi connectivity index (χ3v) is 4.62. The molecule has 2 amide bonds. The van der Waals surface area contributed by atoms with E-state index in [-0.39, 0.29) is 6.03 Å². The van der Waals surface area contributed by atoms with Gasteiger partial charge in [-0.25, -0.2) is 4.79 Å². The van der Waals surface area contributed by atoms with Crippen LogP contribution in [0.5, 0.6) is 0 Å². The fraction of sp³-hybridized carbons (Fsp3) is 0.533. The second-order valence-electron chi connectivity index (χ2n) is 5.83. The lowest BCUT2D eigenvalue weighted by atomic mass is 10.1. The number of fused-ring (bicyclic) bond motifs is 2. The molecule has 0 radical (unpaired) electrons. The van der Waals surface area contributed by atoms with Crippen LogP contribution in [0.4, 0.5) is 10.5 Å². The van der Waals surface area contributed by atoms with Crippen LogP contribution >= 0.6 is 11.6 Å². The summed E-state index contributed by atoms with van der Waals surface area (Å²) in [5, 5.41) is 3.78. The molecule has 1 aromatic rings. The number of nitrogens with zero attached hydrogens (tertiary/aromatic N) is 1. The van der Waals surface area contributed by atoms with Gasteiger partial charge < -0.3 is 10.2 Å². The van der Waals surface area contributed by atoms with Gasteiger partial charge in [0.25, 0.3) is 0 Å². The maximum absolute atomic E-state index is 12.4. The number of hydrogen-bond donors (Lipinski definition) is 1. The van der Waals surface area contributed by atoms with Crippen LogP contribution in [0, 0.1) is 19.8 Å². The van der Waals surface area contributed by atoms with Gasteiger partial charge in [0.15, 0.2) is 0 Å². The van der Waals surface area contributed by atoms with E-state index in [1.54, 1.807) is 0 Å². The predicted octanol–water partition coefficient (Wildman–Crippen LogP) is 3.97. The molecule has 2 bridgehead atoms. The molecule has 1 heterocycles. The molecular formula is C15H19ClN2O. The maximum Gasteiger partial charge on any atom is 0.322 e. The molecule has 1 aromatic carbocycles. The zero-order chi connectivity index (χ0) is 13.6. The van der Waals surface area contributed by atoms with Crippen LogP contribution in [-0.4, -0.2) is 23.5 Å². The lowest BCUT2D eigenvalue weighted by Gasteiger charge is -2.27. The number of rotatable bonds is 1. The van der Waals surface area contributed by atoms with Crippen molar-refractivity contribution in [1.29, 1.82) is 0 Å². The van der Waals surface area contributed by atoms with E-state index < -0.39 is 0 Å². The molecule has 1 aliphatic carbocycles. The summed E-state index contributed by atoms with van der Waals surface area (Å²) in [6, 6.07) is 4.28. The summed E-state index contributed by atoms with van der Waals surface area (Å²) < 4.78 is 0. The second kappa shape index (κ2) is 4.71. The Hall–Kier alpha value is -1.22. The van der Waals surface area contributed by atoms with E-state index in [1.807, 2.05) is 30.9 Å². The number of nitrogens with one attached hydrogen (secondary N) is 1. The van der Waals surface area contributed by atoms with Crippen molar-refractivity contribution in [1.82, 2.24) is 4.90 Å². The molecule has 3 rings (SSSR count). The van der Waals surface area contributed by atoms with Crippen molar-refractivity contribution < 1.29 is 4.79 Å². The minimum absolute atomic E-state index is 0.0423. The summed E-state index contributed by atoms with van der Waals surface area (Å²) in [5.41, 5.74) is 2.93. The summed E-state index contributed by atoms with van der Waals surface area (Å²) in [7, 11) is 0. The van der Waals surface area contributed by atoms with Crippen LogP contribution in [-0.2, 0) is 0 Å². The topological polar surface area (TPSA) is 32.3 Å². The quantitative estimate of drug-likeness (QED) is 0.828. The number of amides is 2. The van der Waals surface area contributed by atoms with E-state index in [1.165, 1.54) is 12.8 Å². The Kier molecular flexibility index (Phi) is 3.17. The molecule has 4 heteroatoms. The molecule has 0 aromatic heterocycles. The number of carbonyl (C=O) groups excluding carboxylic acids is 1. The van der Waals surface area contributed by atoms with Gasteiger partial charge in [0, 0.05) is 23.3 Å². The molecule has 2 atom stereocenters. The van der Waals surface area contributed by atoms with E-state index in [0.717, 1.165) is 35.7 Å². The molecule has 0 unspecified atom stereocenters. The van der Waals surface area contributed by atoms with E-state index >= 15 is 0 Å². The van der Waals surface area contributed by atoms with Gasteiger partial charge in [-0.3, -0.25) is 0 Å². The van der Waals surface area contributed by atoms with Gasteiger partial charge in [-0.15, -0.1) is 0 Å². The number of benzene rings is 1. The van der Waals surface area contributed by atoms with Gasteiger partial charge in [0.2, 0.25) is 0 Å². The first-order valence-corrected chi connectivity index (χ1v) is 7.27. The Balaban J connectivity index is 1.77. The highest BCUT2D eigenvalue weighted by Gasteiger charge is 2.40. The van der Waals surface area contributed by atoms with E-state index in [4.69, 9.17) is 11.6 Å². The number of hydrogen-bond acceptors (Lipinski definition) is 1. The fourth-order valence-corrected chi connectivity index (χ4v) is 3.79. The van der Waals surface area contributed by atoms with Crippen molar-refractivity contribution in [2.45, 2.75) is 39.2 Å². The van der Waals surface area contributed by atoms with Crippen LogP contribution in [0.25, 0.3) is 0 Å². The summed E-state index contributed by atoms with van der Waals surface area (Å²) >= 11 is 6.01. The maximum atomic E-state index is 12.4. The Morgan fingerprint density at radius 3 is 2.53 bits per heavy atom. The first kappa shape index (κ1) is 12.8. The van der Waals surface area contributed by atoms with Crippen LogP contribution in [0.2, 0.25) is 5.02 Å². The zero-order valence-corrected chi connectivity index (χ0v) is 12.1. The van der Waals surface area contributed by atoms with E-state index in [0.29, 0.717) is 11.1 Å². The average molecular weight is 279 g/mol. The number of likely N-dealkylation sites (tertiary alicyclic amines) is 1.